The molecule has 3 heteroatoms. The predicted molar refractivity (Wildman–Crippen MR) is 128 cm³/mol. The molecule has 0 aromatic carbocycles. The van der Waals surface area contributed by atoms with Crippen LogP contribution in [0.2, 0.25) is 0 Å². The largest absolute Gasteiger partial charge is 0.314 e. The maximum Gasteiger partial charge on any atom is 0.0124 e. The Balaban J connectivity index is 1.66. The van der Waals surface area contributed by atoms with Crippen LogP contribution in [-0.2, 0) is 0 Å². The first kappa shape index (κ1) is 25.1. The summed E-state index contributed by atoms with van der Waals surface area (Å²) < 4.78 is 0. The normalized spacial score (nSPS) is 48.6. The molecule has 12 atom stereocenters. The van der Waals surface area contributed by atoms with Crippen LogP contribution in [0, 0.1) is 59.2 Å². The van der Waals surface area contributed by atoms with E-state index in [1.807, 2.05) is 0 Å². The van der Waals surface area contributed by atoms with Gasteiger partial charge in [-0.25, -0.2) is 0 Å². The van der Waals surface area contributed by atoms with Crippen LogP contribution in [0.4, 0.5) is 0 Å². The van der Waals surface area contributed by atoms with E-state index >= 15 is 0 Å². The molecule has 2 fully saturated rings. The summed E-state index contributed by atoms with van der Waals surface area (Å²) in [6.45, 7) is 28.8. The molecule has 2 aliphatic carbocycles. The quantitative estimate of drug-likeness (QED) is 0.502. The van der Waals surface area contributed by atoms with Gasteiger partial charge in [0.1, 0.15) is 0 Å². The topological polar surface area (TPSA) is 36.1 Å². The molecule has 0 radical (unpaired) electrons. The molecule has 2 saturated carbocycles. The van der Waals surface area contributed by atoms with Crippen molar-refractivity contribution in [1.29, 1.82) is 0 Å². The van der Waals surface area contributed by atoms with Gasteiger partial charge in [-0.1, -0.05) is 69.2 Å². The summed E-state index contributed by atoms with van der Waals surface area (Å²) in [6.07, 6.45) is 0. The zero-order valence-corrected chi connectivity index (χ0v) is 21.3. The van der Waals surface area contributed by atoms with E-state index in [4.69, 9.17) is 0 Å². The minimum atomic E-state index is 0.657. The highest BCUT2D eigenvalue weighted by Gasteiger charge is 2.41. The lowest BCUT2D eigenvalue weighted by Gasteiger charge is -2.47. The van der Waals surface area contributed by atoms with Crippen molar-refractivity contribution < 1.29 is 0 Å². The highest BCUT2D eigenvalue weighted by Crippen LogP contribution is 2.42. The summed E-state index contributed by atoms with van der Waals surface area (Å²) in [7, 11) is 0. The van der Waals surface area contributed by atoms with Crippen molar-refractivity contribution in [3.63, 3.8) is 0 Å². The van der Waals surface area contributed by atoms with Crippen molar-refractivity contribution in [3.05, 3.63) is 0 Å². The van der Waals surface area contributed by atoms with Crippen molar-refractivity contribution in [2.75, 3.05) is 26.2 Å². The van der Waals surface area contributed by atoms with Crippen molar-refractivity contribution in [1.82, 2.24) is 16.0 Å². The first-order chi connectivity index (χ1) is 13.6. The van der Waals surface area contributed by atoms with Gasteiger partial charge in [-0.2, -0.15) is 0 Å². The Morgan fingerprint density at radius 3 is 0.862 bits per heavy atom. The molecule has 0 amide bonds. The fourth-order valence-electron chi connectivity index (χ4n) is 6.66. The molecule has 29 heavy (non-hydrogen) atoms. The zero-order chi connectivity index (χ0) is 21.9. The van der Waals surface area contributed by atoms with Crippen LogP contribution in [0.3, 0.4) is 0 Å². The first-order valence-electron chi connectivity index (χ1n) is 12.8. The second kappa shape index (κ2) is 11.0. The lowest BCUT2D eigenvalue weighted by molar-refractivity contribution is 0.0444. The second-order valence-corrected chi connectivity index (χ2v) is 11.3. The van der Waals surface area contributed by atoms with Crippen molar-refractivity contribution in [3.8, 4) is 0 Å². The van der Waals surface area contributed by atoms with Gasteiger partial charge in [0, 0.05) is 38.3 Å². The van der Waals surface area contributed by atoms with Gasteiger partial charge in [0.05, 0.1) is 0 Å². The monoisotopic (exact) mass is 407 g/mol. The van der Waals surface area contributed by atoms with E-state index in [1.165, 1.54) is 0 Å². The van der Waals surface area contributed by atoms with E-state index in [0.717, 1.165) is 85.4 Å². The average Bonchev–Trinajstić information content (AvgIpc) is 2.71. The van der Waals surface area contributed by atoms with Crippen LogP contribution < -0.4 is 16.0 Å². The third kappa shape index (κ3) is 5.57. The lowest BCUT2D eigenvalue weighted by atomic mass is 9.62. The summed E-state index contributed by atoms with van der Waals surface area (Å²) in [5.41, 5.74) is 0. The summed E-state index contributed by atoms with van der Waals surface area (Å²) in [6, 6.07) is 1.31. The van der Waals surface area contributed by atoms with Crippen molar-refractivity contribution in [2.24, 2.45) is 59.2 Å². The minimum absolute atomic E-state index is 0.657. The molecule has 0 heterocycles. The molecule has 0 spiro atoms. The highest BCUT2D eigenvalue weighted by molar-refractivity contribution is 4.94. The van der Waals surface area contributed by atoms with Crippen molar-refractivity contribution >= 4 is 0 Å². The molecule has 172 valence electrons. The molecule has 3 N–H and O–H groups in total. The SMILES string of the molecule is CC1C(C)C(NCCNCCNC2C(C)C(C)C(C)[C@H](C)[C@@H]2C)[C@H](C)[C@H](C)C1C. The maximum atomic E-state index is 3.89. The highest BCUT2D eigenvalue weighted by atomic mass is 15.0. The number of hydrogen-bond acceptors (Lipinski definition) is 3. The fraction of sp³-hybridized carbons (Fsp3) is 1.00. The standard InChI is InChI=1S/C26H53N3/c1-15-17(3)21(7)25(22(8)18(15)4)28-13-11-27-12-14-29-26-23(9)19(5)16(2)20(6)24(26)10/h15-29H,11-14H2,1-10H3/t15?,16?,17-,18?,19+,20?,21-,22?,23+,24?,25?,26?. The summed E-state index contributed by atoms with van der Waals surface area (Å²) in [4.78, 5) is 0. The van der Waals surface area contributed by atoms with Crippen LogP contribution >= 0.6 is 0 Å². The average molecular weight is 408 g/mol. The number of rotatable bonds is 8. The molecule has 0 aromatic heterocycles. The van der Waals surface area contributed by atoms with Crippen LogP contribution in [-0.4, -0.2) is 38.3 Å². The first-order valence-corrected chi connectivity index (χ1v) is 12.8. The van der Waals surface area contributed by atoms with Gasteiger partial charge in [-0.05, 0) is 59.2 Å². The zero-order valence-electron chi connectivity index (χ0n) is 21.3. The van der Waals surface area contributed by atoms with Crippen LogP contribution in [0.1, 0.15) is 69.2 Å². The fourth-order valence-corrected chi connectivity index (χ4v) is 6.66. The molecule has 0 bridgehead atoms. The molecule has 2 rings (SSSR count). The van der Waals surface area contributed by atoms with E-state index in [9.17, 15) is 0 Å². The van der Waals surface area contributed by atoms with E-state index in [1.54, 1.807) is 0 Å². The maximum absolute atomic E-state index is 3.89. The van der Waals surface area contributed by atoms with Gasteiger partial charge in [-0.3, -0.25) is 0 Å². The number of hydrogen-bond donors (Lipinski definition) is 3. The molecule has 3 nitrogen and oxygen atoms in total. The van der Waals surface area contributed by atoms with Crippen LogP contribution in [0.5, 0.6) is 0 Å². The van der Waals surface area contributed by atoms with Gasteiger partial charge in [-0.15, -0.1) is 0 Å². The summed E-state index contributed by atoms with van der Waals surface area (Å²) in [5.74, 6) is 7.95. The molecule has 8 unspecified atom stereocenters. The molecular formula is C26H53N3. The Kier molecular flexibility index (Phi) is 9.50. The Labute approximate surface area is 183 Å². The van der Waals surface area contributed by atoms with Gasteiger partial charge in [0.2, 0.25) is 0 Å². The van der Waals surface area contributed by atoms with Crippen molar-refractivity contribution in [2.45, 2.75) is 81.3 Å². The molecule has 2 aliphatic rings. The molecule has 0 aromatic rings. The van der Waals surface area contributed by atoms with Gasteiger partial charge in [0.15, 0.2) is 0 Å². The smallest absolute Gasteiger partial charge is 0.0124 e. The molecular weight excluding hydrogens is 354 g/mol. The van der Waals surface area contributed by atoms with E-state index in [0.29, 0.717) is 12.1 Å². The van der Waals surface area contributed by atoms with E-state index in [2.05, 4.69) is 85.2 Å². The Bertz CT molecular complexity index is 407. The van der Waals surface area contributed by atoms with E-state index < -0.39 is 0 Å². The van der Waals surface area contributed by atoms with Gasteiger partial charge in [0.25, 0.3) is 0 Å². The Hall–Kier alpha value is -0.120. The molecule has 0 saturated heterocycles. The predicted octanol–water partition coefficient (Wildman–Crippen LogP) is 4.88. The van der Waals surface area contributed by atoms with E-state index in [-0.39, 0.29) is 0 Å². The lowest BCUT2D eigenvalue weighted by Crippen LogP contribution is -2.53. The number of nitrogens with one attached hydrogen (secondary N) is 3. The van der Waals surface area contributed by atoms with Crippen LogP contribution in [0.15, 0.2) is 0 Å². The second-order valence-electron chi connectivity index (χ2n) is 11.3. The third-order valence-electron chi connectivity index (χ3n) is 10.3. The minimum Gasteiger partial charge on any atom is -0.314 e. The van der Waals surface area contributed by atoms with Crippen LogP contribution in [0.25, 0.3) is 0 Å². The summed E-state index contributed by atoms with van der Waals surface area (Å²) >= 11 is 0. The third-order valence-corrected chi connectivity index (χ3v) is 10.3. The molecule has 0 aliphatic heterocycles. The Morgan fingerprint density at radius 1 is 0.345 bits per heavy atom. The van der Waals surface area contributed by atoms with Gasteiger partial charge < -0.3 is 16.0 Å². The van der Waals surface area contributed by atoms with Gasteiger partial charge >= 0.3 is 0 Å². The Morgan fingerprint density at radius 2 is 0.586 bits per heavy atom. The summed E-state index contributed by atoms with van der Waals surface area (Å²) in [5, 5.41) is 11.4.